The zero-order valence-electron chi connectivity index (χ0n) is 7.68. The van der Waals surface area contributed by atoms with Crippen LogP contribution in [0.1, 0.15) is 5.56 Å². The van der Waals surface area contributed by atoms with Gasteiger partial charge in [0.2, 0.25) is 0 Å². The molecule has 0 aromatic heterocycles. The molecule has 5 heteroatoms. The Labute approximate surface area is 85.5 Å². The van der Waals surface area contributed by atoms with Gasteiger partial charge in [0, 0.05) is 5.56 Å². The van der Waals surface area contributed by atoms with Gasteiger partial charge in [0.25, 0.3) is 5.91 Å². The Kier molecular flexibility index (Phi) is 3.07. The first kappa shape index (κ1) is 10.8. The van der Waals surface area contributed by atoms with Gasteiger partial charge in [-0.3, -0.25) is 4.79 Å². The van der Waals surface area contributed by atoms with Crippen molar-refractivity contribution in [2.24, 2.45) is 5.73 Å². The molecular weight excluding hydrogens is 198 g/mol. The second-order valence-electron chi connectivity index (χ2n) is 2.79. The molecule has 0 heterocycles. The van der Waals surface area contributed by atoms with Gasteiger partial charge in [0.15, 0.2) is 0 Å². The van der Waals surface area contributed by atoms with Crippen LogP contribution in [0.4, 0.5) is 0 Å². The first-order chi connectivity index (χ1) is 7.02. The Hall–Kier alpha value is -2.30. The smallest absolute Gasteiger partial charge is 0.341 e. The number of aliphatic carboxylic acids is 1. The van der Waals surface area contributed by atoms with Crippen LogP contribution in [0.2, 0.25) is 0 Å². The summed E-state index contributed by atoms with van der Waals surface area (Å²) in [7, 11) is 0. The Morgan fingerprint density at radius 2 is 1.87 bits per heavy atom. The lowest BCUT2D eigenvalue weighted by Crippen LogP contribution is -2.20. The third-order valence-electron chi connectivity index (χ3n) is 1.73. The second-order valence-corrected chi connectivity index (χ2v) is 2.79. The lowest BCUT2D eigenvalue weighted by Gasteiger charge is -1.99. The van der Waals surface area contributed by atoms with E-state index in [2.05, 4.69) is 0 Å². The SMILES string of the molecule is NC(=O)/C(=C/c1ccccc1O)C(=O)O. The van der Waals surface area contributed by atoms with Crippen LogP contribution in [-0.2, 0) is 9.59 Å². The minimum Gasteiger partial charge on any atom is -0.507 e. The molecule has 0 saturated heterocycles. The summed E-state index contributed by atoms with van der Waals surface area (Å²) in [5, 5.41) is 18.0. The molecule has 0 aliphatic carbocycles. The highest BCUT2D eigenvalue weighted by Crippen LogP contribution is 2.18. The van der Waals surface area contributed by atoms with E-state index < -0.39 is 17.4 Å². The average molecular weight is 207 g/mol. The average Bonchev–Trinajstić information content (AvgIpc) is 2.15. The molecular formula is C10H9NO4. The molecule has 1 rings (SSSR count). The molecule has 1 amide bonds. The predicted octanol–water partition coefficient (Wildman–Crippen LogP) is 0.345. The molecule has 0 aliphatic rings. The van der Waals surface area contributed by atoms with Gasteiger partial charge >= 0.3 is 5.97 Å². The number of primary amides is 1. The number of nitrogens with two attached hydrogens (primary N) is 1. The van der Waals surface area contributed by atoms with Crippen LogP contribution < -0.4 is 5.73 Å². The predicted molar refractivity (Wildman–Crippen MR) is 52.9 cm³/mol. The monoisotopic (exact) mass is 207 g/mol. The molecule has 1 aromatic carbocycles. The Morgan fingerprint density at radius 1 is 1.27 bits per heavy atom. The number of para-hydroxylation sites is 1. The van der Waals surface area contributed by atoms with Gasteiger partial charge in [-0.05, 0) is 12.1 Å². The van der Waals surface area contributed by atoms with Crippen LogP contribution in [0, 0.1) is 0 Å². The van der Waals surface area contributed by atoms with Crippen LogP contribution >= 0.6 is 0 Å². The van der Waals surface area contributed by atoms with Gasteiger partial charge in [-0.25, -0.2) is 4.79 Å². The largest absolute Gasteiger partial charge is 0.507 e. The third kappa shape index (κ3) is 2.57. The fourth-order valence-electron chi connectivity index (χ4n) is 1.00. The summed E-state index contributed by atoms with van der Waals surface area (Å²) in [6, 6.07) is 6.04. The minimum absolute atomic E-state index is 0.113. The molecule has 0 aliphatic heterocycles. The molecule has 78 valence electrons. The summed E-state index contributed by atoms with van der Waals surface area (Å²) in [6.07, 6.45) is 1.03. The van der Waals surface area contributed by atoms with Crippen LogP contribution in [0.25, 0.3) is 6.08 Å². The van der Waals surface area contributed by atoms with Crippen molar-refractivity contribution >= 4 is 18.0 Å². The normalized spacial score (nSPS) is 11.1. The van der Waals surface area contributed by atoms with Gasteiger partial charge < -0.3 is 15.9 Å². The van der Waals surface area contributed by atoms with Gasteiger partial charge in [-0.15, -0.1) is 0 Å². The fourth-order valence-corrected chi connectivity index (χ4v) is 1.00. The molecule has 0 spiro atoms. The molecule has 0 unspecified atom stereocenters. The first-order valence-electron chi connectivity index (χ1n) is 4.05. The number of carboxylic acids is 1. The van der Waals surface area contributed by atoms with E-state index in [4.69, 9.17) is 10.8 Å². The van der Waals surface area contributed by atoms with Gasteiger partial charge in [-0.2, -0.15) is 0 Å². The van der Waals surface area contributed by atoms with Crippen LogP contribution in [-0.4, -0.2) is 22.1 Å². The number of phenols is 1. The fraction of sp³-hybridized carbons (Fsp3) is 0. The topological polar surface area (TPSA) is 101 Å². The van der Waals surface area contributed by atoms with E-state index in [1.54, 1.807) is 12.1 Å². The van der Waals surface area contributed by atoms with Crippen molar-refractivity contribution in [2.45, 2.75) is 0 Å². The molecule has 0 saturated carbocycles. The van der Waals surface area contributed by atoms with Gasteiger partial charge in [0.05, 0.1) is 0 Å². The maximum absolute atomic E-state index is 10.7. The zero-order valence-corrected chi connectivity index (χ0v) is 7.68. The maximum Gasteiger partial charge on any atom is 0.341 e. The molecule has 15 heavy (non-hydrogen) atoms. The number of aromatic hydroxyl groups is 1. The van der Waals surface area contributed by atoms with Crippen molar-refractivity contribution in [1.82, 2.24) is 0 Å². The van der Waals surface area contributed by atoms with Crippen LogP contribution in [0.5, 0.6) is 5.75 Å². The number of carbonyl (C=O) groups excluding carboxylic acids is 1. The number of benzene rings is 1. The third-order valence-corrected chi connectivity index (χ3v) is 1.73. The van der Waals surface area contributed by atoms with Crippen molar-refractivity contribution in [1.29, 1.82) is 0 Å². The number of hydrogen-bond donors (Lipinski definition) is 3. The molecule has 4 N–H and O–H groups in total. The van der Waals surface area contributed by atoms with E-state index in [1.807, 2.05) is 0 Å². The molecule has 0 fully saturated rings. The number of amides is 1. The highest BCUT2D eigenvalue weighted by Gasteiger charge is 2.14. The van der Waals surface area contributed by atoms with Gasteiger partial charge in [0.1, 0.15) is 11.3 Å². The lowest BCUT2D eigenvalue weighted by molar-refractivity contribution is -0.134. The summed E-state index contributed by atoms with van der Waals surface area (Å²) in [6.45, 7) is 0. The molecule has 0 atom stereocenters. The minimum atomic E-state index is -1.43. The maximum atomic E-state index is 10.7. The van der Waals surface area contributed by atoms with Crippen LogP contribution in [0.3, 0.4) is 0 Å². The Bertz CT molecular complexity index is 421. The van der Waals surface area contributed by atoms with Crippen molar-refractivity contribution < 1.29 is 19.8 Å². The number of rotatable bonds is 3. The second kappa shape index (κ2) is 4.28. The molecule has 0 bridgehead atoms. The van der Waals surface area contributed by atoms with Crippen molar-refractivity contribution in [2.75, 3.05) is 0 Å². The van der Waals surface area contributed by atoms with Gasteiger partial charge in [-0.1, -0.05) is 18.2 Å². The summed E-state index contributed by atoms with van der Waals surface area (Å²) in [4.78, 5) is 21.4. The first-order valence-corrected chi connectivity index (χ1v) is 4.05. The summed E-state index contributed by atoms with van der Waals surface area (Å²) in [5.74, 6) is -2.59. The standard InChI is InChI=1S/C10H9NO4/c11-9(13)7(10(14)15)5-6-3-1-2-4-8(6)12/h1-5,12H,(H2,11,13)(H,14,15)/b7-5-. The molecule has 1 aromatic rings. The van der Waals surface area contributed by atoms with E-state index in [0.717, 1.165) is 6.08 Å². The highest BCUT2D eigenvalue weighted by atomic mass is 16.4. The highest BCUT2D eigenvalue weighted by molar-refractivity contribution is 6.18. The molecule has 5 nitrogen and oxygen atoms in total. The van der Waals surface area contributed by atoms with Crippen molar-refractivity contribution in [3.63, 3.8) is 0 Å². The summed E-state index contributed by atoms with van der Waals surface area (Å²) >= 11 is 0. The van der Waals surface area contributed by atoms with E-state index in [1.165, 1.54) is 12.1 Å². The number of carboxylic acid groups (broad SMARTS) is 1. The Morgan fingerprint density at radius 3 is 2.33 bits per heavy atom. The van der Waals surface area contributed by atoms with Crippen LogP contribution in [0.15, 0.2) is 29.8 Å². The summed E-state index contributed by atoms with van der Waals surface area (Å²) in [5.41, 5.74) is 4.52. The van der Waals surface area contributed by atoms with Crippen molar-refractivity contribution in [3.05, 3.63) is 35.4 Å². The number of hydrogen-bond acceptors (Lipinski definition) is 3. The number of carbonyl (C=O) groups is 2. The van der Waals surface area contributed by atoms with E-state index in [9.17, 15) is 14.7 Å². The zero-order chi connectivity index (χ0) is 11.4. The van der Waals surface area contributed by atoms with E-state index in [-0.39, 0.29) is 11.3 Å². The lowest BCUT2D eigenvalue weighted by atomic mass is 10.1. The van der Waals surface area contributed by atoms with Crippen molar-refractivity contribution in [3.8, 4) is 5.75 Å². The Balaban J connectivity index is 3.19. The quantitative estimate of drug-likeness (QED) is 0.378. The molecule has 0 radical (unpaired) electrons. The summed E-state index contributed by atoms with van der Waals surface area (Å²) < 4.78 is 0. The van der Waals surface area contributed by atoms with E-state index >= 15 is 0 Å². The number of phenolic OH excluding ortho intramolecular Hbond substituents is 1. The van der Waals surface area contributed by atoms with E-state index in [0.29, 0.717) is 0 Å².